The third-order valence-corrected chi connectivity index (χ3v) is 1.88. The van der Waals surface area contributed by atoms with E-state index in [2.05, 4.69) is 0 Å². The number of aromatic carboxylic acids is 1. The summed E-state index contributed by atoms with van der Waals surface area (Å²) in [6.07, 6.45) is 0.303. The number of carboxylic acid groups (broad SMARTS) is 1. The van der Waals surface area contributed by atoms with E-state index in [-0.39, 0.29) is 6.04 Å². The number of carboxylic acids is 1. The van der Waals surface area contributed by atoms with Crippen molar-refractivity contribution in [2.75, 3.05) is 0 Å². The van der Waals surface area contributed by atoms with Crippen LogP contribution in [0.1, 0.15) is 22.8 Å². The second-order valence-corrected chi connectivity index (χ2v) is 3.43. The zero-order chi connectivity index (χ0) is 11.6. The van der Waals surface area contributed by atoms with Gasteiger partial charge in [0, 0.05) is 6.04 Å². The first-order valence-corrected chi connectivity index (χ1v) is 4.38. The molecule has 1 unspecified atom stereocenters. The fourth-order valence-electron chi connectivity index (χ4n) is 1.29. The van der Waals surface area contributed by atoms with Gasteiger partial charge in [0.1, 0.15) is 0 Å². The highest BCUT2D eigenvalue weighted by Gasteiger charge is 2.16. The van der Waals surface area contributed by atoms with Gasteiger partial charge in [-0.15, -0.1) is 0 Å². The van der Waals surface area contributed by atoms with Gasteiger partial charge in [-0.05, 0) is 31.0 Å². The number of nitrogens with two attached hydrogens (primary N) is 1. The first-order chi connectivity index (χ1) is 6.91. The molecule has 3 nitrogen and oxygen atoms in total. The van der Waals surface area contributed by atoms with E-state index in [0.717, 1.165) is 12.1 Å². The quantitative estimate of drug-likeness (QED) is 0.804. The van der Waals surface area contributed by atoms with Crippen molar-refractivity contribution in [2.45, 2.75) is 19.4 Å². The van der Waals surface area contributed by atoms with Crippen molar-refractivity contribution >= 4 is 5.97 Å². The van der Waals surface area contributed by atoms with Crippen molar-refractivity contribution < 1.29 is 18.7 Å². The van der Waals surface area contributed by atoms with E-state index in [9.17, 15) is 13.6 Å². The highest BCUT2D eigenvalue weighted by molar-refractivity contribution is 5.88. The Morgan fingerprint density at radius 3 is 2.60 bits per heavy atom. The highest BCUT2D eigenvalue weighted by atomic mass is 19.2. The molecule has 0 spiro atoms. The average molecular weight is 215 g/mol. The minimum Gasteiger partial charge on any atom is -0.478 e. The van der Waals surface area contributed by atoms with Gasteiger partial charge >= 0.3 is 5.97 Å². The zero-order valence-corrected chi connectivity index (χ0v) is 8.13. The van der Waals surface area contributed by atoms with Crippen LogP contribution in [0, 0.1) is 11.6 Å². The maximum atomic E-state index is 13.0. The Morgan fingerprint density at radius 2 is 2.13 bits per heavy atom. The SMILES string of the molecule is CC(N)Cc1cc(F)c(F)c(C(=O)O)c1. The molecule has 0 saturated heterocycles. The van der Waals surface area contributed by atoms with E-state index in [1.165, 1.54) is 0 Å². The first-order valence-electron chi connectivity index (χ1n) is 4.38. The Morgan fingerprint density at radius 1 is 1.53 bits per heavy atom. The molecule has 0 amide bonds. The molecule has 0 saturated carbocycles. The average Bonchev–Trinajstić information content (AvgIpc) is 2.09. The van der Waals surface area contributed by atoms with Gasteiger partial charge in [-0.1, -0.05) is 0 Å². The van der Waals surface area contributed by atoms with Gasteiger partial charge in [0.2, 0.25) is 0 Å². The zero-order valence-electron chi connectivity index (χ0n) is 8.13. The molecular formula is C10H11F2NO2. The molecule has 0 heterocycles. The molecule has 1 aromatic carbocycles. The molecule has 0 bridgehead atoms. The minimum absolute atomic E-state index is 0.239. The smallest absolute Gasteiger partial charge is 0.338 e. The van der Waals surface area contributed by atoms with Crippen molar-refractivity contribution in [3.05, 3.63) is 34.9 Å². The summed E-state index contributed by atoms with van der Waals surface area (Å²) in [6.45, 7) is 1.70. The number of carbonyl (C=O) groups is 1. The van der Waals surface area contributed by atoms with Gasteiger partial charge in [0.15, 0.2) is 11.6 Å². The van der Waals surface area contributed by atoms with Crippen LogP contribution in [0.5, 0.6) is 0 Å². The maximum absolute atomic E-state index is 13.0. The van der Waals surface area contributed by atoms with Gasteiger partial charge < -0.3 is 10.8 Å². The Bertz CT molecular complexity index is 391. The maximum Gasteiger partial charge on any atom is 0.338 e. The van der Waals surface area contributed by atoms with E-state index in [4.69, 9.17) is 10.8 Å². The number of benzene rings is 1. The third-order valence-electron chi connectivity index (χ3n) is 1.88. The lowest BCUT2D eigenvalue weighted by Gasteiger charge is -2.07. The highest BCUT2D eigenvalue weighted by Crippen LogP contribution is 2.16. The third kappa shape index (κ3) is 2.73. The summed E-state index contributed by atoms with van der Waals surface area (Å²) < 4.78 is 26.0. The monoisotopic (exact) mass is 215 g/mol. The first kappa shape index (κ1) is 11.6. The van der Waals surface area contributed by atoms with Crippen LogP contribution in [-0.4, -0.2) is 17.1 Å². The summed E-state index contributed by atoms with van der Waals surface area (Å²) in [7, 11) is 0. The van der Waals surface area contributed by atoms with Crippen LogP contribution in [-0.2, 0) is 6.42 Å². The molecule has 0 aliphatic carbocycles. The molecule has 1 aromatic rings. The van der Waals surface area contributed by atoms with Crippen molar-refractivity contribution in [2.24, 2.45) is 5.73 Å². The fourth-order valence-corrected chi connectivity index (χ4v) is 1.29. The summed E-state index contributed by atoms with van der Waals surface area (Å²) in [5, 5.41) is 8.61. The molecule has 5 heteroatoms. The van der Waals surface area contributed by atoms with Gasteiger partial charge in [0.05, 0.1) is 5.56 Å². The summed E-state index contributed by atoms with van der Waals surface area (Å²) in [6, 6.07) is 1.83. The predicted molar refractivity (Wildman–Crippen MR) is 50.7 cm³/mol. The van der Waals surface area contributed by atoms with Crippen molar-refractivity contribution in [3.8, 4) is 0 Å². The Kier molecular flexibility index (Phi) is 3.36. The second-order valence-electron chi connectivity index (χ2n) is 3.43. The molecule has 82 valence electrons. The van der Waals surface area contributed by atoms with Crippen LogP contribution >= 0.6 is 0 Å². The van der Waals surface area contributed by atoms with Crippen molar-refractivity contribution in [3.63, 3.8) is 0 Å². The van der Waals surface area contributed by atoms with Crippen molar-refractivity contribution in [1.29, 1.82) is 0 Å². The number of rotatable bonds is 3. The van der Waals surface area contributed by atoms with E-state index >= 15 is 0 Å². The molecule has 0 fully saturated rings. The molecule has 15 heavy (non-hydrogen) atoms. The van der Waals surface area contributed by atoms with Crippen LogP contribution in [0.25, 0.3) is 0 Å². The topological polar surface area (TPSA) is 63.3 Å². The Hall–Kier alpha value is -1.49. The summed E-state index contributed by atoms with van der Waals surface area (Å²) in [4.78, 5) is 10.6. The normalized spacial score (nSPS) is 12.5. The van der Waals surface area contributed by atoms with Crippen LogP contribution in [0.15, 0.2) is 12.1 Å². The summed E-state index contributed by atoms with van der Waals surface area (Å²) in [5.41, 5.74) is 5.19. The fraction of sp³-hybridized carbons (Fsp3) is 0.300. The van der Waals surface area contributed by atoms with Gasteiger partial charge in [-0.25, -0.2) is 13.6 Å². The molecule has 3 N–H and O–H groups in total. The standard InChI is InChI=1S/C10H11F2NO2/c1-5(13)2-6-3-7(10(14)15)9(12)8(11)4-6/h3-5H,2,13H2,1H3,(H,14,15). The van der Waals surface area contributed by atoms with E-state index in [0.29, 0.717) is 12.0 Å². The van der Waals surface area contributed by atoms with Gasteiger partial charge in [-0.2, -0.15) is 0 Å². The molecule has 1 atom stereocenters. The van der Waals surface area contributed by atoms with Crippen LogP contribution in [0.4, 0.5) is 8.78 Å². The molecule has 0 radical (unpaired) electrons. The molecule has 0 aromatic heterocycles. The second kappa shape index (κ2) is 4.35. The summed E-state index contributed by atoms with van der Waals surface area (Å²) >= 11 is 0. The molecule has 0 aliphatic rings. The summed E-state index contributed by atoms with van der Waals surface area (Å²) in [5.74, 6) is -3.99. The molecular weight excluding hydrogens is 204 g/mol. The van der Waals surface area contributed by atoms with Gasteiger partial charge in [0.25, 0.3) is 0 Å². The number of hydrogen-bond donors (Lipinski definition) is 2. The lowest BCUT2D eigenvalue weighted by molar-refractivity contribution is 0.0690. The largest absolute Gasteiger partial charge is 0.478 e. The number of hydrogen-bond acceptors (Lipinski definition) is 2. The predicted octanol–water partition coefficient (Wildman–Crippen LogP) is 1.55. The van der Waals surface area contributed by atoms with Crippen LogP contribution in [0.3, 0.4) is 0 Å². The van der Waals surface area contributed by atoms with E-state index < -0.39 is 23.2 Å². The lowest BCUT2D eigenvalue weighted by Crippen LogP contribution is -2.18. The lowest BCUT2D eigenvalue weighted by atomic mass is 10.0. The van der Waals surface area contributed by atoms with Crippen LogP contribution in [0.2, 0.25) is 0 Å². The Balaban J connectivity index is 3.17. The van der Waals surface area contributed by atoms with E-state index in [1.54, 1.807) is 6.92 Å². The molecule has 0 aliphatic heterocycles. The van der Waals surface area contributed by atoms with Crippen molar-refractivity contribution in [1.82, 2.24) is 0 Å². The van der Waals surface area contributed by atoms with Gasteiger partial charge in [-0.3, -0.25) is 0 Å². The minimum atomic E-state index is -1.49. The number of halogens is 2. The van der Waals surface area contributed by atoms with Crippen LogP contribution < -0.4 is 5.73 Å². The molecule has 1 rings (SSSR count). The van der Waals surface area contributed by atoms with E-state index in [1.807, 2.05) is 0 Å². The Labute approximate surface area is 85.5 Å².